The molecule has 0 atom stereocenters. The number of nitrogens with one attached hydrogen (secondary N) is 1. The van der Waals surface area contributed by atoms with Crippen LogP contribution in [0.3, 0.4) is 0 Å². The van der Waals surface area contributed by atoms with Crippen LogP contribution in [-0.4, -0.2) is 63.7 Å². The Morgan fingerprint density at radius 1 is 1.16 bits per heavy atom. The highest BCUT2D eigenvalue weighted by atomic mass is 32.1. The summed E-state index contributed by atoms with van der Waals surface area (Å²) < 4.78 is 0. The molecule has 0 aliphatic carbocycles. The summed E-state index contributed by atoms with van der Waals surface area (Å²) in [4.78, 5) is 51.1. The number of hydrogen-bond donors (Lipinski definition) is 1. The quantitative estimate of drug-likeness (QED) is 0.472. The zero-order valence-corrected chi connectivity index (χ0v) is 23.1. The number of thiazole rings is 1. The van der Waals surface area contributed by atoms with Gasteiger partial charge in [0.25, 0.3) is 0 Å². The van der Waals surface area contributed by atoms with Gasteiger partial charge in [-0.1, -0.05) is 32.4 Å². The predicted octanol–water partition coefficient (Wildman–Crippen LogP) is 4.10. The van der Waals surface area contributed by atoms with E-state index in [9.17, 15) is 14.4 Å². The van der Waals surface area contributed by atoms with Crippen LogP contribution < -0.4 is 5.32 Å². The fourth-order valence-electron chi connectivity index (χ4n) is 5.45. The van der Waals surface area contributed by atoms with E-state index < -0.39 is 10.8 Å². The number of rotatable bonds is 4. The van der Waals surface area contributed by atoms with E-state index in [1.165, 1.54) is 5.57 Å². The predicted molar refractivity (Wildman–Crippen MR) is 148 cm³/mol. The summed E-state index contributed by atoms with van der Waals surface area (Å²) in [5, 5.41) is 6.09. The van der Waals surface area contributed by atoms with E-state index in [2.05, 4.69) is 21.4 Å². The second-order valence-corrected chi connectivity index (χ2v) is 12.5. The van der Waals surface area contributed by atoms with Gasteiger partial charge in [0.1, 0.15) is 5.82 Å². The van der Waals surface area contributed by atoms with Gasteiger partial charge in [0.2, 0.25) is 17.7 Å². The second-order valence-electron chi connectivity index (χ2n) is 11.6. The molecule has 1 N–H and O–H groups in total. The minimum atomic E-state index is -0.530. The first-order valence-electron chi connectivity index (χ1n) is 13.3. The van der Waals surface area contributed by atoms with Crippen LogP contribution in [0.5, 0.6) is 0 Å². The molecule has 5 rings (SSSR count). The van der Waals surface area contributed by atoms with E-state index in [0.29, 0.717) is 51.3 Å². The molecule has 38 heavy (non-hydrogen) atoms. The molecule has 0 radical (unpaired) electrons. The van der Waals surface area contributed by atoms with Crippen LogP contribution in [-0.2, 0) is 27.2 Å². The average molecular weight is 534 g/mol. The van der Waals surface area contributed by atoms with Crippen LogP contribution in [0.25, 0.3) is 6.08 Å². The molecule has 2 aromatic heterocycles. The first-order chi connectivity index (χ1) is 18.1. The van der Waals surface area contributed by atoms with Crippen molar-refractivity contribution in [1.82, 2.24) is 19.8 Å². The molecule has 0 unspecified atom stereocenters. The van der Waals surface area contributed by atoms with Gasteiger partial charge in [-0.25, -0.2) is 9.97 Å². The van der Waals surface area contributed by atoms with E-state index in [4.69, 9.17) is 0 Å². The van der Waals surface area contributed by atoms with E-state index >= 15 is 0 Å². The second kappa shape index (κ2) is 10.4. The number of likely N-dealkylation sites (tertiary alicyclic amines) is 1. The normalized spacial score (nSPS) is 19.3. The maximum absolute atomic E-state index is 13.1. The molecular weight excluding hydrogens is 498 g/mol. The van der Waals surface area contributed by atoms with Gasteiger partial charge in [0, 0.05) is 61.9 Å². The molecule has 3 aliphatic rings. The average Bonchev–Trinajstić information content (AvgIpc) is 3.41. The maximum Gasteiger partial charge on any atom is 0.246 e. The lowest BCUT2D eigenvalue weighted by atomic mass is 9.71. The summed E-state index contributed by atoms with van der Waals surface area (Å²) in [5.74, 6) is 0.688. The van der Waals surface area contributed by atoms with Crippen molar-refractivity contribution in [3.63, 3.8) is 0 Å². The Balaban J connectivity index is 1.21. The lowest BCUT2D eigenvalue weighted by Gasteiger charge is -2.44. The molecule has 1 spiro atoms. The molecular formula is C29H35N5O3S. The number of carbonyl (C=O) groups excluding carboxylic acids is 3. The van der Waals surface area contributed by atoms with Crippen LogP contribution in [0, 0.1) is 10.8 Å². The smallest absolute Gasteiger partial charge is 0.246 e. The van der Waals surface area contributed by atoms with Crippen molar-refractivity contribution >= 4 is 41.0 Å². The van der Waals surface area contributed by atoms with Crippen molar-refractivity contribution in [2.24, 2.45) is 10.8 Å². The van der Waals surface area contributed by atoms with Gasteiger partial charge in [-0.05, 0) is 49.0 Å². The zero-order chi connectivity index (χ0) is 26.9. The van der Waals surface area contributed by atoms with Crippen LogP contribution in [0.4, 0.5) is 5.82 Å². The van der Waals surface area contributed by atoms with Crippen molar-refractivity contribution in [2.75, 3.05) is 31.5 Å². The van der Waals surface area contributed by atoms with E-state index in [0.717, 1.165) is 29.0 Å². The number of hydrogen-bond acceptors (Lipinski definition) is 6. The molecule has 0 bridgehead atoms. The number of carbonyl (C=O) groups is 3. The minimum absolute atomic E-state index is 0.00814. The fourth-order valence-corrected chi connectivity index (χ4v) is 6.12. The minimum Gasteiger partial charge on any atom is -0.342 e. The summed E-state index contributed by atoms with van der Waals surface area (Å²) in [6.07, 6.45) is 12.6. The van der Waals surface area contributed by atoms with Crippen molar-refractivity contribution in [3.8, 4) is 0 Å². The third-order valence-electron chi connectivity index (χ3n) is 7.77. The summed E-state index contributed by atoms with van der Waals surface area (Å²) in [6.45, 7) is 8.25. The number of aromatic nitrogens is 2. The lowest BCUT2D eigenvalue weighted by molar-refractivity contribution is -0.144. The fraction of sp³-hybridized carbons (Fsp3) is 0.483. The molecule has 9 heteroatoms. The molecule has 2 aromatic rings. The van der Waals surface area contributed by atoms with Gasteiger partial charge < -0.3 is 15.1 Å². The Morgan fingerprint density at radius 3 is 2.61 bits per heavy atom. The molecule has 3 aliphatic heterocycles. The Labute approximate surface area is 227 Å². The third-order valence-corrected chi connectivity index (χ3v) is 8.55. The largest absolute Gasteiger partial charge is 0.342 e. The first kappa shape index (κ1) is 26.3. The molecule has 200 valence electrons. The SMILES string of the molecule is CC(C)(C)C(=O)N1CCC2(CC1)Cc1cc(C=CC(=O)N3CC=C(Cc4nccs4)CC3)cnc1NC2=O. The van der Waals surface area contributed by atoms with Gasteiger partial charge in [-0.3, -0.25) is 14.4 Å². The molecule has 8 nitrogen and oxygen atoms in total. The van der Waals surface area contributed by atoms with Crippen LogP contribution in [0.15, 0.2) is 41.6 Å². The number of piperidine rings is 1. The standard InChI is InChI=1S/C29H35N5O3S/c1-28(2,3)27(37)34-13-8-29(9-14-34)18-22-16-21(19-31-25(22)32-26(29)36)4-5-24(35)33-11-6-20(7-12-33)17-23-30-10-15-38-23/h4-6,10,15-16,19H,7-9,11-14,17-18H2,1-3H3,(H,31,32,36). The van der Waals surface area contributed by atoms with Crippen molar-refractivity contribution < 1.29 is 14.4 Å². The van der Waals surface area contributed by atoms with Crippen LogP contribution in [0.2, 0.25) is 0 Å². The van der Waals surface area contributed by atoms with Crippen LogP contribution >= 0.6 is 11.3 Å². The Bertz CT molecular complexity index is 1280. The number of amides is 3. The summed E-state index contributed by atoms with van der Waals surface area (Å²) in [6, 6.07) is 2.02. The Morgan fingerprint density at radius 2 is 1.95 bits per heavy atom. The number of fused-ring (bicyclic) bond motifs is 1. The zero-order valence-electron chi connectivity index (χ0n) is 22.3. The Kier molecular flexibility index (Phi) is 7.22. The highest BCUT2D eigenvalue weighted by molar-refractivity contribution is 7.09. The van der Waals surface area contributed by atoms with Crippen molar-refractivity contribution in [1.29, 1.82) is 0 Å². The first-order valence-corrected chi connectivity index (χ1v) is 14.1. The molecule has 1 saturated heterocycles. The topological polar surface area (TPSA) is 95.5 Å². The molecule has 1 fully saturated rings. The highest BCUT2D eigenvalue weighted by Crippen LogP contribution is 2.41. The van der Waals surface area contributed by atoms with Crippen molar-refractivity contribution in [2.45, 2.75) is 52.9 Å². The van der Waals surface area contributed by atoms with Gasteiger partial charge in [-0.15, -0.1) is 11.3 Å². The molecule has 3 amide bonds. The number of nitrogens with zero attached hydrogens (tertiary/aromatic N) is 4. The van der Waals surface area contributed by atoms with Gasteiger partial charge in [0.15, 0.2) is 0 Å². The summed E-state index contributed by atoms with van der Waals surface area (Å²) in [5.41, 5.74) is 2.18. The van der Waals surface area contributed by atoms with Gasteiger partial charge in [-0.2, -0.15) is 0 Å². The summed E-state index contributed by atoms with van der Waals surface area (Å²) >= 11 is 1.66. The number of anilines is 1. The van der Waals surface area contributed by atoms with E-state index in [1.54, 1.807) is 29.7 Å². The molecule has 0 aromatic carbocycles. The lowest BCUT2D eigenvalue weighted by Crippen LogP contribution is -2.52. The highest BCUT2D eigenvalue weighted by Gasteiger charge is 2.46. The Hall–Kier alpha value is -3.33. The molecule has 5 heterocycles. The van der Waals surface area contributed by atoms with Gasteiger partial charge in [0.05, 0.1) is 10.4 Å². The monoisotopic (exact) mass is 533 g/mol. The number of pyridine rings is 1. The molecule has 0 saturated carbocycles. The maximum atomic E-state index is 13.1. The van der Waals surface area contributed by atoms with E-state index in [1.807, 2.05) is 48.2 Å². The van der Waals surface area contributed by atoms with E-state index in [-0.39, 0.29) is 17.7 Å². The van der Waals surface area contributed by atoms with Gasteiger partial charge >= 0.3 is 0 Å². The third kappa shape index (κ3) is 5.57. The van der Waals surface area contributed by atoms with Crippen molar-refractivity contribution in [3.05, 3.63) is 57.7 Å². The van der Waals surface area contributed by atoms with Crippen LogP contribution in [0.1, 0.15) is 56.2 Å². The summed E-state index contributed by atoms with van der Waals surface area (Å²) in [7, 11) is 0.